The van der Waals surface area contributed by atoms with Crippen LogP contribution < -0.4 is 0 Å². The van der Waals surface area contributed by atoms with E-state index in [-0.39, 0.29) is 12.0 Å². The fourth-order valence-electron chi connectivity index (χ4n) is 3.35. The Balaban J connectivity index is 1.47. The van der Waals surface area contributed by atoms with Crippen LogP contribution in [-0.4, -0.2) is 59.6 Å². The third kappa shape index (κ3) is 3.50. The number of hydrogen-bond donors (Lipinski definition) is 1. The molecule has 2 fully saturated rings. The van der Waals surface area contributed by atoms with Crippen LogP contribution in [0, 0.1) is 5.92 Å². The molecule has 1 aliphatic heterocycles. The molecule has 1 aromatic rings. The van der Waals surface area contributed by atoms with Crippen molar-refractivity contribution >= 4 is 5.91 Å². The van der Waals surface area contributed by atoms with Gasteiger partial charge in [0.2, 0.25) is 5.91 Å². The van der Waals surface area contributed by atoms with Crippen molar-refractivity contribution in [2.75, 3.05) is 32.7 Å². The van der Waals surface area contributed by atoms with Gasteiger partial charge >= 0.3 is 0 Å². The molecule has 0 unspecified atom stereocenters. The molecule has 120 valence electrons. The number of aliphatic hydroxyl groups excluding tert-OH is 1. The predicted molar refractivity (Wildman–Crippen MR) is 86.6 cm³/mol. The van der Waals surface area contributed by atoms with E-state index in [0.717, 1.165) is 45.6 Å². The van der Waals surface area contributed by atoms with Gasteiger partial charge in [0.15, 0.2) is 0 Å². The average molecular weight is 302 g/mol. The summed E-state index contributed by atoms with van der Waals surface area (Å²) in [6, 6.07) is 10.4. The van der Waals surface area contributed by atoms with Gasteiger partial charge < -0.3 is 10.0 Å². The van der Waals surface area contributed by atoms with Gasteiger partial charge in [-0.05, 0) is 24.3 Å². The lowest BCUT2D eigenvalue weighted by Gasteiger charge is -2.35. The highest BCUT2D eigenvalue weighted by atomic mass is 16.3. The standard InChI is InChI=1S/C18H26N2O2/c1-2-15(21)13-19-8-10-20(11-9-19)18(22)17-12-16(17)14-6-4-3-5-7-14/h3-7,15-17,21H,2,8-13H2,1H3/t15-,16+,17-/m0/s1. The molecule has 1 N–H and O–H groups in total. The first-order valence-electron chi connectivity index (χ1n) is 8.43. The maximum atomic E-state index is 12.6. The molecule has 1 aromatic carbocycles. The lowest BCUT2D eigenvalue weighted by atomic mass is 10.1. The van der Waals surface area contributed by atoms with Gasteiger partial charge in [-0.3, -0.25) is 9.69 Å². The summed E-state index contributed by atoms with van der Waals surface area (Å²) >= 11 is 0. The number of β-amino-alcohol motifs (C(OH)–C–C–N with tert-alkyl or cyclic N) is 1. The number of rotatable bonds is 5. The number of aliphatic hydroxyl groups is 1. The Morgan fingerprint density at radius 3 is 2.55 bits per heavy atom. The minimum absolute atomic E-state index is 0.190. The van der Waals surface area contributed by atoms with Gasteiger partial charge in [0.25, 0.3) is 0 Å². The first-order chi connectivity index (χ1) is 10.7. The van der Waals surface area contributed by atoms with Gasteiger partial charge in [-0.15, -0.1) is 0 Å². The topological polar surface area (TPSA) is 43.8 Å². The van der Waals surface area contributed by atoms with Crippen LogP contribution in [0.1, 0.15) is 31.2 Å². The predicted octanol–water partition coefficient (Wildman–Crippen LogP) is 1.71. The summed E-state index contributed by atoms with van der Waals surface area (Å²) in [5.41, 5.74) is 1.30. The van der Waals surface area contributed by atoms with Gasteiger partial charge in [0.1, 0.15) is 0 Å². The second-order valence-corrected chi connectivity index (χ2v) is 6.55. The summed E-state index contributed by atoms with van der Waals surface area (Å²) in [5, 5.41) is 9.72. The molecule has 1 heterocycles. The molecule has 22 heavy (non-hydrogen) atoms. The molecule has 0 bridgehead atoms. The van der Waals surface area contributed by atoms with Crippen molar-refractivity contribution in [1.29, 1.82) is 0 Å². The van der Waals surface area contributed by atoms with Gasteiger partial charge in [-0.2, -0.15) is 0 Å². The molecule has 1 aliphatic carbocycles. The van der Waals surface area contributed by atoms with Gasteiger partial charge in [0.05, 0.1) is 6.10 Å². The van der Waals surface area contributed by atoms with E-state index in [4.69, 9.17) is 0 Å². The molecule has 4 nitrogen and oxygen atoms in total. The molecule has 1 saturated carbocycles. The summed E-state index contributed by atoms with van der Waals surface area (Å²) in [6.45, 7) is 6.09. The van der Waals surface area contributed by atoms with Gasteiger partial charge in [-0.1, -0.05) is 37.3 Å². The zero-order valence-electron chi connectivity index (χ0n) is 13.3. The second kappa shape index (κ2) is 6.80. The van der Waals surface area contributed by atoms with E-state index >= 15 is 0 Å². The highest BCUT2D eigenvalue weighted by Gasteiger charge is 2.45. The lowest BCUT2D eigenvalue weighted by Crippen LogP contribution is -2.50. The molecule has 4 heteroatoms. The van der Waals surface area contributed by atoms with E-state index in [1.165, 1.54) is 5.56 Å². The summed E-state index contributed by atoms with van der Waals surface area (Å²) in [6.07, 6.45) is 1.55. The smallest absolute Gasteiger partial charge is 0.226 e. The fourth-order valence-corrected chi connectivity index (χ4v) is 3.35. The molecule has 2 aliphatic rings. The molecule has 0 spiro atoms. The highest BCUT2D eigenvalue weighted by molar-refractivity contribution is 5.83. The summed E-state index contributed by atoms with van der Waals surface area (Å²) in [7, 11) is 0. The molecule has 1 amide bonds. The number of benzene rings is 1. The molecule has 3 rings (SSSR count). The third-order valence-corrected chi connectivity index (χ3v) is 4.96. The average Bonchev–Trinajstić information content (AvgIpc) is 3.36. The molecule has 3 atom stereocenters. The summed E-state index contributed by atoms with van der Waals surface area (Å²) < 4.78 is 0. The Labute approximate surface area is 132 Å². The zero-order chi connectivity index (χ0) is 15.5. The zero-order valence-corrected chi connectivity index (χ0v) is 13.3. The largest absolute Gasteiger partial charge is 0.392 e. The van der Waals surface area contributed by atoms with Crippen LogP contribution in [0.25, 0.3) is 0 Å². The highest BCUT2D eigenvalue weighted by Crippen LogP contribution is 2.48. The van der Waals surface area contributed by atoms with E-state index < -0.39 is 0 Å². The second-order valence-electron chi connectivity index (χ2n) is 6.55. The fraction of sp³-hybridized carbons (Fsp3) is 0.611. The quantitative estimate of drug-likeness (QED) is 0.900. The Morgan fingerprint density at radius 1 is 1.23 bits per heavy atom. The number of hydrogen-bond acceptors (Lipinski definition) is 3. The van der Waals surface area contributed by atoms with Crippen LogP contribution in [0.2, 0.25) is 0 Å². The van der Waals surface area contributed by atoms with Gasteiger partial charge in [-0.25, -0.2) is 0 Å². The Hall–Kier alpha value is -1.39. The van der Waals surface area contributed by atoms with Crippen LogP contribution in [0.15, 0.2) is 30.3 Å². The van der Waals surface area contributed by atoms with Gasteiger partial charge in [0, 0.05) is 38.6 Å². The number of amides is 1. The van der Waals surface area contributed by atoms with E-state index in [0.29, 0.717) is 11.8 Å². The Kier molecular flexibility index (Phi) is 4.79. The minimum atomic E-state index is -0.242. The number of nitrogens with zero attached hydrogens (tertiary/aromatic N) is 2. The van der Waals surface area contributed by atoms with Crippen molar-refractivity contribution in [2.45, 2.75) is 31.8 Å². The Bertz CT molecular complexity index is 497. The SMILES string of the molecule is CC[C@H](O)CN1CCN(C(=O)[C@H]2C[C@@H]2c2ccccc2)CC1. The molecular weight excluding hydrogens is 276 g/mol. The Morgan fingerprint density at radius 2 is 1.91 bits per heavy atom. The van der Waals surface area contributed by atoms with Crippen molar-refractivity contribution in [1.82, 2.24) is 9.80 Å². The van der Waals surface area contributed by atoms with E-state index in [1.54, 1.807) is 0 Å². The molecular formula is C18H26N2O2. The van der Waals surface area contributed by atoms with E-state index in [1.807, 2.05) is 30.0 Å². The molecule has 1 saturated heterocycles. The van der Waals surface area contributed by atoms with Crippen LogP contribution in [0.5, 0.6) is 0 Å². The van der Waals surface area contributed by atoms with Crippen LogP contribution in [0.4, 0.5) is 0 Å². The van der Waals surface area contributed by atoms with Crippen LogP contribution in [0.3, 0.4) is 0 Å². The maximum absolute atomic E-state index is 12.6. The molecule has 0 aromatic heterocycles. The normalized spacial score (nSPS) is 26.7. The number of carbonyl (C=O) groups excluding carboxylic acids is 1. The number of piperazine rings is 1. The van der Waals surface area contributed by atoms with Crippen molar-refractivity contribution in [3.05, 3.63) is 35.9 Å². The van der Waals surface area contributed by atoms with E-state index in [2.05, 4.69) is 17.0 Å². The minimum Gasteiger partial charge on any atom is -0.392 e. The lowest BCUT2D eigenvalue weighted by molar-refractivity contribution is -0.134. The van der Waals surface area contributed by atoms with E-state index in [9.17, 15) is 9.90 Å². The summed E-state index contributed by atoms with van der Waals surface area (Å²) in [4.78, 5) is 16.9. The monoisotopic (exact) mass is 302 g/mol. The van der Waals surface area contributed by atoms with Crippen LogP contribution >= 0.6 is 0 Å². The molecule has 0 radical (unpaired) electrons. The van der Waals surface area contributed by atoms with Crippen LogP contribution in [-0.2, 0) is 4.79 Å². The van der Waals surface area contributed by atoms with Crippen molar-refractivity contribution < 1.29 is 9.90 Å². The van der Waals surface area contributed by atoms with Crippen molar-refractivity contribution in [2.24, 2.45) is 5.92 Å². The summed E-state index contributed by atoms with van der Waals surface area (Å²) in [5.74, 6) is 0.938. The number of carbonyl (C=O) groups is 1. The first kappa shape index (κ1) is 15.5. The van der Waals surface area contributed by atoms with Crippen molar-refractivity contribution in [3.63, 3.8) is 0 Å². The van der Waals surface area contributed by atoms with Crippen molar-refractivity contribution in [3.8, 4) is 0 Å². The first-order valence-corrected chi connectivity index (χ1v) is 8.43. The maximum Gasteiger partial charge on any atom is 0.226 e. The third-order valence-electron chi connectivity index (χ3n) is 4.96.